The molecule has 1 aliphatic heterocycles. The molecule has 11 heteroatoms. The van der Waals surface area contributed by atoms with Crippen molar-refractivity contribution in [3.8, 4) is 23.3 Å². The minimum Gasteiger partial charge on any atom is -0.453 e. The van der Waals surface area contributed by atoms with Crippen LogP contribution in [0.25, 0.3) is 10.2 Å². The number of aromatic nitrogens is 1. The first-order valence-corrected chi connectivity index (χ1v) is 15.2. The van der Waals surface area contributed by atoms with Crippen molar-refractivity contribution in [2.75, 3.05) is 31.1 Å². The van der Waals surface area contributed by atoms with E-state index in [1.54, 1.807) is 12.3 Å². The lowest BCUT2D eigenvalue weighted by atomic mass is 9.98. The average Bonchev–Trinajstić information content (AvgIpc) is 3.74. The number of carbonyl (C=O) groups is 2. The summed E-state index contributed by atoms with van der Waals surface area (Å²) in [5.41, 5.74) is 5.26. The van der Waals surface area contributed by atoms with Gasteiger partial charge in [0.25, 0.3) is 0 Å². The highest BCUT2D eigenvalue weighted by molar-refractivity contribution is 7.19. The van der Waals surface area contributed by atoms with Crippen LogP contribution in [-0.2, 0) is 9.59 Å². The fourth-order valence-corrected chi connectivity index (χ4v) is 6.27. The second-order valence-electron chi connectivity index (χ2n) is 11.1. The van der Waals surface area contributed by atoms with E-state index >= 15 is 4.39 Å². The number of hydrogen-bond acceptors (Lipinski definition) is 7. The van der Waals surface area contributed by atoms with E-state index in [0.717, 1.165) is 36.9 Å². The van der Waals surface area contributed by atoms with Gasteiger partial charge in [-0.25, -0.2) is 8.78 Å². The van der Waals surface area contributed by atoms with Crippen molar-refractivity contribution in [2.45, 2.75) is 25.7 Å². The van der Waals surface area contributed by atoms with Crippen molar-refractivity contribution in [2.24, 2.45) is 17.1 Å². The molecule has 1 saturated carbocycles. The Bertz CT molecular complexity index is 1770. The molecule has 2 aromatic heterocycles. The Labute approximate surface area is 257 Å². The third-order valence-electron chi connectivity index (χ3n) is 8.17. The quantitative estimate of drug-likeness (QED) is 0.204. The molecule has 0 bridgehead atoms. The van der Waals surface area contributed by atoms with Gasteiger partial charge < -0.3 is 15.6 Å². The van der Waals surface area contributed by atoms with Gasteiger partial charge in [-0.3, -0.25) is 24.4 Å². The molecule has 0 spiro atoms. The molecule has 3 heterocycles. The van der Waals surface area contributed by atoms with Crippen LogP contribution in [0.2, 0.25) is 0 Å². The maximum Gasteiger partial charge on any atom is 0.247 e. The summed E-state index contributed by atoms with van der Waals surface area (Å²) in [5, 5.41) is 9.33. The molecule has 0 unspecified atom stereocenters. The number of aliphatic hydroxyl groups excluding tert-OH is 1. The average molecular weight is 617 g/mol. The van der Waals surface area contributed by atoms with Crippen molar-refractivity contribution in [1.82, 2.24) is 9.88 Å². The van der Waals surface area contributed by atoms with Crippen LogP contribution >= 0.6 is 11.3 Å². The predicted molar refractivity (Wildman–Crippen MR) is 164 cm³/mol. The van der Waals surface area contributed by atoms with E-state index in [9.17, 15) is 19.1 Å². The van der Waals surface area contributed by atoms with Gasteiger partial charge in [0.2, 0.25) is 11.8 Å². The maximum absolute atomic E-state index is 15.5. The fraction of sp³-hybridized carbons (Fsp3) is 0.303. The number of ether oxygens (including phenoxy) is 1. The summed E-state index contributed by atoms with van der Waals surface area (Å²) in [7, 11) is 0. The number of pyridine rings is 1. The Morgan fingerprint density at radius 2 is 1.80 bits per heavy atom. The van der Waals surface area contributed by atoms with Gasteiger partial charge in [0.05, 0.1) is 27.3 Å². The highest BCUT2D eigenvalue weighted by Gasteiger charge is 2.57. The van der Waals surface area contributed by atoms with Gasteiger partial charge in [-0.15, -0.1) is 11.3 Å². The molecule has 44 heavy (non-hydrogen) atoms. The van der Waals surface area contributed by atoms with Gasteiger partial charge in [-0.1, -0.05) is 11.8 Å². The van der Waals surface area contributed by atoms with Crippen molar-refractivity contribution < 1.29 is 28.2 Å². The number of carbonyl (C=O) groups excluding carboxylic acids is 2. The lowest BCUT2D eigenvalue weighted by Crippen LogP contribution is -2.41. The zero-order valence-electron chi connectivity index (χ0n) is 23.8. The molecule has 1 aliphatic carbocycles. The number of hydrogen-bond donors (Lipinski definition) is 2. The maximum atomic E-state index is 15.5. The lowest BCUT2D eigenvalue weighted by Gasteiger charge is -2.29. The summed E-state index contributed by atoms with van der Waals surface area (Å²) >= 11 is 1.40. The molecule has 0 radical (unpaired) electrons. The third kappa shape index (κ3) is 6.01. The van der Waals surface area contributed by atoms with Crippen LogP contribution < -0.4 is 15.4 Å². The van der Waals surface area contributed by atoms with Gasteiger partial charge >= 0.3 is 0 Å². The number of likely N-dealkylation sites (tertiary alicyclic amines) is 1. The van der Waals surface area contributed by atoms with E-state index in [0.29, 0.717) is 28.4 Å². The van der Waals surface area contributed by atoms with E-state index in [1.165, 1.54) is 52.6 Å². The summed E-state index contributed by atoms with van der Waals surface area (Å²) in [6.45, 7) is 2.70. The highest BCUT2D eigenvalue weighted by atomic mass is 32.1. The van der Waals surface area contributed by atoms with E-state index < -0.39 is 28.9 Å². The minimum atomic E-state index is -1.38. The molecule has 8 nitrogen and oxygen atoms in total. The molecule has 0 atom stereocenters. The molecule has 6 rings (SSSR count). The number of aliphatic hydroxyl groups is 1. The molecular weight excluding hydrogens is 586 g/mol. The first-order chi connectivity index (χ1) is 21.3. The Kier molecular flexibility index (Phi) is 8.31. The van der Waals surface area contributed by atoms with Gasteiger partial charge in [-0.05, 0) is 87.2 Å². The normalized spacial score (nSPS) is 16.2. The molecule has 1 saturated heterocycles. The zero-order valence-corrected chi connectivity index (χ0v) is 24.6. The van der Waals surface area contributed by atoms with E-state index in [-0.39, 0.29) is 36.6 Å². The Hall–Kier alpha value is -4.37. The van der Waals surface area contributed by atoms with Crippen LogP contribution in [0.3, 0.4) is 0 Å². The number of benzene rings is 2. The van der Waals surface area contributed by atoms with E-state index in [2.05, 4.69) is 21.7 Å². The Morgan fingerprint density at radius 3 is 2.45 bits per heavy atom. The van der Waals surface area contributed by atoms with Crippen LogP contribution in [0.15, 0.2) is 60.8 Å². The number of anilines is 2. The van der Waals surface area contributed by atoms with Crippen molar-refractivity contribution in [3.63, 3.8) is 0 Å². The van der Waals surface area contributed by atoms with Crippen molar-refractivity contribution >= 4 is 44.7 Å². The number of primary amides is 1. The standard InChI is InChI=1S/C33H30F2N4O4S/c34-22-3-5-23(6-4-22)39(32(42)33(12-13-33)31(36)41)24-7-8-28(26(35)18-24)43-29-9-14-37-27-19-25(44-30(27)29)2-1-15-38-16-10-21(20-40)11-17-38/h3-9,14,18-19,21,40H,10-13,15-17,20H2,(H2,36,41). The molecule has 2 amide bonds. The first kappa shape index (κ1) is 29.7. The molecule has 3 N–H and O–H groups in total. The Balaban J connectivity index is 1.22. The largest absolute Gasteiger partial charge is 0.453 e. The van der Waals surface area contributed by atoms with Crippen LogP contribution in [0, 0.1) is 34.8 Å². The third-order valence-corrected chi connectivity index (χ3v) is 9.22. The van der Waals surface area contributed by atoms with Gasteiger partial charge in [0, 0.05) is 30.6 Å². The highest BCUT2D eigenvalue weighted by Crippen LogP contribution is 2.49. The number of thiophene rings is 1. The van der Waals surface area contributed by atoms with Gasteiger partial charge in [0.15, 0.2) is 11.6 Å². The molecule has 2 aromatic carbocycles. The summed E-state index contributed by atoms with van der Waals surface area (Å²) in [5.74, 6) is 4.54. The number of amides is 2. The number of piperidine rings is 1. The van der Waals surface area contributed by atoms with Crippen LogP contribution in [0.5, 0.6) is 11.5 Å². The first-order valence-electron chi connectivity index (χ1n) is 14.4. The molecule has 226 valence electrons. The summed E-state index contributed by atoms with van der Waals surface area (Å²) in [4.78, 5) is 34.3. The molecule has 2 aliphatic rings. The molecule has 4 aromatic rings. The van der Waals surface area contributed by atoms with Crippen molar-refractivity contribution in [3.05, 3.63) is 77.3 Å². The smallest absolute Gasteiger partial charge is 0.247 e. The fourth-order valence-electron chi connectivity index (χ4n) is 5.33. The molecule has 2 fully saturated rings. The van der Waals surface area contributed by atoms with E-state index in [4.69, 9.17) is 10.5 Å². The predicted octanol–water partition coefficient (Wildman–Crippen LogP) is 5.35. The number of nitrogens with zero attached hydrogens (tertiary/aromatic N) is 3. The van der Waals surface area contributed by atoms with E-state index in [1.807, 2.05) is 6.07 Å². The number of halogens is 2. The topological polar surface area (TPSA) is 109 Å². The number of nitrogens with two attached hydrogens (primary N) is 1. The van der Waals surface area contributed by atoms with Crippen LogP contribution in [0.4, 0.5) is 20.2 Å². The summed E-state index contributed by atoms with van der Waals surface area (Å²) in [6.07, 6.45) is 4.09. The second kappa shape index (κ2) is 12.3. The van der Waals surface area contributed by atoms with Gasteiger partial charge in [-0.2, -0.15) is 0 Å². The number of rotatable bonds is 8. The monoisotopic (exact) mass is 616 g/mol. The molecular formula is C33H30F2N4O4S. The van der Waals surface area contributed by atoms with Crippen molar-refractivity contribution in [1.29, 1.82) is 0 Å². The minimum absolute atomic E-state index is 0.0730. The van der Waals surface area contributed by atoms with Crippen LogP contribution in [-0.4, -0.2) is 53.0 Å². The second-order valence-corrected chi connectivity index (χ2v) is 12.2. The SMILES string of the molecule is NC(=O)C1(C(=O)N(c2ccc(F)cc2)c2ccc(Oc3ccnc4cc(C#CCN5CCC(CO)CC5)sc34)c(F)c2)CC1. The summed E-state index contributed by atoms with van der Waals surface area (Å²) < 4.78 is 35.9. The summed E-state index contributed by atoms with van der Waals surface area (Å²) in [6, 6.07) is 12.7. The number of fused-ring (bicyclic) bond motifs is 1. The van der Waals surface area contributed by atoms with Crippen LogP contribution in [0.1, 0.15) is 30.6 Å². The Morgan fingerprint density at radius 1 is 1.07 bits per heavy atom. The zero-order chi connectivity index (χ0) is 30.8. The van der Waals surface area contributed by atoms with Gasteiger partial charge in [0.1, 0.15) is 17.0 Å². The lowest BCUT2D eigenvalue weighted by molar-refractivity contribution is -0.133.